The highest BCUT2D eigenvalue weighted by Crippen LogP contribution is 2.20. The topological polar surface area (TPSA) is 58.1 Å². The molecule has 0 bridgehead atoms. The van der Waals surface area contributed by atoms with E-state index in [1.165, 1.54) is 5.56 Å². The zero-order valence-corrected chi connectivity index (χ0v) is 16.4. The zero-order valence-electron chi connectivity index (χ0n) is 16.4. The Morgan fingerprint density at radius 2 is 1.61 bits per heavy atom. The highest BCUT2D eigenvalue weighted by atomic mass is 16.2. The van der Waals surface area contributed by atoms with E-state index in [9.17, 15) is 4.79 Å². The summed E-state index contributed by atoms with van der Waals surface area (Å²) >= 11 is 0. The molecule has 28 heavy (non-hydrogen) atoms. The Labute approximate surface area is 166 Å². The van der Waals surface area contributed by atoms with Crippen LogP contribution in [0.1, 0.15) is 40.5 Å². The standard InChI is InChI=1S/C23H26N4O/c1-27(2)22-17-16-21(25-26-22)23(28)24-20(19-13-7-4-8-14-19)15-9-12-18-10-5-3-6-11-18/h3-8,10-11,13-14,16-17,20H,9,12,15H2,1-2H3,(H,24,28). The summed E-state index contributed by atoms with van der Waals surface area (Å²) in [5, 5.41) is 11.3. The van der Waals surface area contributed by atoms with Gasteiger partial charge in [-0.1, -0.05) is 60.7 Å². The van der Waals surface area contributed by atoms with Gasteiger partial charge >= 0.3 is 0 Å². The van der Waals surface area contributed by atoms with Crippen LogP contribution in [0.25, 0.3) is 0 Å². The molecule has 3 aromatic rings. The lowest BCUT2D eigenvalue weighted by molar-refractivity contribution is 0.0928. The van der Waals surface area contributed by atoms with E-state index in [1.54, 1.807) is 12.1 Å². The predicted molar refractivity (Wildman–Crippen MR) is 112 cm³/mol. The first-order chi connectivity index (χ1) is 13.6. The molecule has 3 rings (SSSR count). The Kier molecular flexibility index (Phi) is 6.73. The Morgan fingerprint density at radius 3 is 2.21 bits per heavy atom. The van der Waals surface area contributed by atoms with Crippen LogP contribution >= 0.6 is 0 Å². The first-order valence-corrected chi connectivity index (χ1v) is 9.54. The maximum absolute atomic E-state index is 12.7. The van der Waals surface area contributed by atoms with Crippen LogP contribution in [0.5, 0.6) is 0 Å². The Hall–Kier alpha value is -3.21. The van der Waals surface area contributed by atoms with Crippen LogP contribution in [-0.2, 0) is 6.42 Å². The number of carbonyl (C=O) groups is 1. The molecule has 144 valence electrons. The van der Waals surface area contributed by atoms with Crippen molar-refractivity contribution in [1.82, 2.24) is 15.5 Å². The van der Waals surface area contributed by atoms with Gasteiger partial charge in [-0.2, -0.15) is 0 Å². The summed E-state index contributed by atoms with van der Waals surface area (Å²) < 4.78 is 0. The summed E-state index contributed by atoms with van der Waals surface area (Å²) in [6.45, 7) is 0. The van der Waals surface area contributed by atoms with Crippen molar-refractivity contribution in [2.24, 2.45) is 0 Å². The van der Waals surface area contributed by atoms with E-state index in [0.29, 0.717) is 5.69 Å². The van der Waals surface area contributed by atoms with Crippen LogP contribution in [-0.4, -0.2) is 30.2 Å². The van der Waals surface area contributed by atoms with Crippen LogP contribution in [0.4, 0.5) is 5.82 Å². The zero-order chi connectivity index (χ0) is 19.8. The molecule has 1 amide bonds. The lowest BCUT2D eigenvalue weighted by Gasteiger charge is -2.19. The van der Waals surface area contributed by atoms with Crippen molar-refractivity contribution in [3.05, 3.63) is 89.6 Å². The molecular weight excluding hydrogens is 348 g/mol. The Bertz CT molecular complexity index is 864. The Morgan fingerprint density at radius 1 is 0.929 bits per heavy atom. The van der Waals surface area contributed by atoms with E-state index < -0.39 is 0 Å². The number of nitrogens with one attached hydrogen (secondary N) is 1. The molecule has 0 saturated heterocycles. The van der Waals surface area contributed by atoms with Crippen molar-refractivity contribution < 1.29 is 4.79 Å². The van der Waals surface area contributed by atoms with Crippen molar-refractivity contribution in [2.75, 3.05) is 19.0 Å². The van der Waals surface area contributed by atoms with Crippen molar-refractivity contribution in [3.8, 4) is 0 Å². The number of hydrogen-bond donors (Lipinski definition) is 1. The first kappa shape index (κ1) is 19.5. The molecule has 1 atom stereocenters. The second kappa shape index (κ2) is 9.65. The molecule has 1 unspecified atom stereocenters. The monoisotopic (exact) mass is 374 g/mol. The SMILES string of the molecule is CN(C)c1ccc(C(=O)NC(CCCc2ccccc2)c2ccccc2)nn1. The second-order valence-corrected chi connectivity index (χ2v) is 6.99. The number of rotatable bonds is 8. The van der Waals surface area contributed by atoms with E-state index in [4.69, 9.17) is 0 Å². The fourth-order valence-corrected chi connectivity index (χ4v) is 3.08. The maximum atomic E-state index is 12.7. The molecule has 0 fully saturated rings. The molecule has 0 saturated carbocycles. The second-order valence-electron chi connectivity index (χ2n) is 6.99. The van der Waals surface area contributed by atoms with Gasteiger partial charge in [0.05, 0.1) is 6.04 Å². The van der Waals surface area contributed by atoms with E-state index in [1.807, 2.05) is 55.4 Å². The van der Waals surface area contributed by atoms with Crippen molar-refractivity contribution in [1.29, 1.82) is 0 Å². The van der Waals surface area contributed by atoms with Crippen molar-refractivity contribution >= 4 is 11.7 Å². The molecule has 0 aliphatic rings. The Balaban J connectivity index is 1.67. The van der Waals surface area contributed by atoms with Gasteiger partial charge in [-0.15, -0.1) is 10.2 Å². The normalized spacial score (nSPS) is 11.6. The first-order valence-electron chi connectivity index (χ1n) is 9.54. The summed E-state index contributed by atoms with van der Waals surface area (Å²) in [6.07, 6.45) is 2.82. The quantitative estimate of drug-likeness (QED) is 0.647. The minimum atomic E-state index is -0.202. The van der Waals surface area contributed by atoms with Crippen molar-refractivity contribution in [2.45, 2.75) is 25.3 Å². The maximum Gasteiger partial charge on any atom is 0.272 e. The van der Waals surface area contributed by atoms with Gasteiger partial charge in [0.1, 0.15) is 0 Å². The van der Waals surface area contributed by atoms with Crippen molar-refractivity contribution in [3.63, 3.8) is 0 Å². The molecule has 0 aliphatic heterocycles. The van der Waals surface area contributed by atoms with Gasteiger partial charge < -0.3 is 10.2 Å². The van der Waals surface area contributed by atoms with Crippen LogP contribution in [0.3, 0.4) is 0 Å². The summed E-state index contributed by atoms with van der Waals surface area (Å²) in [5.41, 5.74) is 2.74. The van der Waals surface area contributed by atoms with E-state index >= 15 is 0 Å². The molecule has 0 aliphatic carbocycles. The molecule has 5 nitrogen and oxygen atoms in total. The lowest BCUT2D eigenvalue weighted by atomic mass is 9.99. The van der Waals surface area contributed by atoms with Gasteiger partial charge in [0.25, 0.3) is 5.91 Å². The van der Waals surface area contributed by atoms with Gasteiger partial charge in [-0.05, 0) is 42.5 Å². The number of benzene rings is 2. The van der Waals surface area contributed by atoms with Crippen LogP contribution in [0.2, 0.25) is 0 Å². The third-order valence-corrected chi connectivity index (χ3v) is 4.65. The van der Waals surface area contributed by atoms with Gasteiger partial charge in [0.15, 0.2) is 11.5 Å². The summed E-state index contributed by atoms with van der Waals surface area (Å²) in [7, 11) is 3.78. The molecule has 1 heterocycles. The minimum Gasteiger partial charge on any atom is -0.361 e. The molecule has 5 heteroatoms. The van der Waals surface area contributed by atoms with Crippen LogP contribution in [0.15, 0.2) is 72.8 Å². The van der Waals surface area contributed by atoms with E-state index in [0.717, 1.165) is 30.6 Å². The number of carbonyl (C=O) groups excluding carboxylic acids is 1. The van der Waals surface area contributed by atoms with Crippen LogP contribution in [0, 0.1) is 0 Å². The third kappa shape index (κ3) is 5.39. The number of aromatic nitrogens is 2. The summed E-state index contributed by atoms with van der Waals surface area (Å²) in [6, 6.07) is 23.9. The molecule has 0 spiro atoms. The lowest BCUT2D eigenvalue weighted by Crippen LogP contribution is -2.29. The predicted octanol–water partition coefficient (Wildman–Crippen LogP) is 4.04. The number of aryl methyl sites for hydroxylation is 1. The number of hydrogen-bond acceptors (Lipinski definition) is 4. The van der Waals surface area contributed by atoms with Gasteiger partial charge in [0, 0.05) is 14.1 Å². The van der Waals surface area contributed by atoms with E-state index in [2.05, 4.69) is 39.8 Å². The number of amides is 1. The average Bonchev–Trinajstić information content (AvgIpc) is 2.74. The highest BCUT2D eigenvalue weighted by molar-refractivity contribution is 5.92. The van der Waals surface area contributed by atoms with Gasteiger partial charge in [0.2, 0.25) is 0 Å². The minimum absolute atomic E-state index is 0.0623. The fraction of sp³-hybridized carbons (Fsp3) is 0.261. The molecule has 0 radical (unpaired) electrons. The molecular formula is C23H26N4O. The molecule has 2 aromatic carbocycles. The van der Waals surface area contributed by atoms with Crippen LogP contribution < -0.4 is 10.2 Å². The third-order valence-electron chi connectivity index (χ3n) is 4.65. The summed E-state index contributed by atoms with van der Waals surface area (Å²) in [5.74, 6) is 0.519. The van der Waals surface area contributed by atoms with E-state index in [-0.39, 0.29) is 11.9 Å². The average molecular weight is 374 g/mol. The number of nitrogens with zero attached hydrogens (tertiary/aromatic N) is 3. The van der Waals surface area contributed by atoms with Gasteiger partial charge in [-0.3, -0.25) is 4.79 Å². The van der Waals surface area contributed by atoms with Gasteiger partial charge in [-0.25, -0.2) is 0 Å². The smallest absolute Gasteiger partial charge is 0.272 e. The fourth-order valence-electron chi connectivity index (χ4n) is 3.08. The summed E-state index contributed by atoms with van der Waals surface area (Å²) in [4.78, 5) is 14.6. The molecule has 1 aromatic heterocycles. The largest absolute Gasteiger partial charge is 0.361 e. The highest BCUT2D eigenvalue weighted by Gasteiger charge is 2.17. The molecule has 1 N–H and O–H groups in total. The number of anilines is 1.